The van der Waals surface area contributed by atoms with Gasteiger partial charge in [-0.05, 0) is 41.8 Å². The number of unbranched alkanes of at least 4 members (excludes halogenated alkanes) is 1. The number of aliphatic hydroxyl groups excluding tert-OH is 1. The zero-order chi connectivity index (χ0) is 26.6. The molecule has 39 heavy (non-hydrogen) atoms. The predicted molar refractivity (Wildman–Crippen MR) is 158 cm³/mol. The summed E-state index contributed by atoms with van der Waals surface area (Å²) in [6, 6.07) is 28.6. The first-order valence-electron chi connectivity index (χ1n) is 13.5. The molecular weight excluding hydrogens is 514 g/mol. The number of rotatable bonds is 12. The zero-order valence-electron chi connectivity index (χ0n) is 22.6. The van der Waals surface area contributed by atoms with E-state index in [0.717, 1.165) is 39.0 Å². The number of hydrogen-bond donors (Lipinski definition) is 2. The minimum Gasteiger partial charge on any atom is -0.491 e. The molecule has 210 valence electrons. The highest BCUT2D eigenvalue weighted by molar-refractivity contribution is 5.85. The van der Waals surface area contributed by atoms with E-state index in [4.69, 9.17) is 9.47 Å². The Morgan fingerprint density at radius 3 is 2.05 bits per heavy atom. The maximum Gasteiger partial charge on any atom is 0.411 e. The summed E-state index contributed by atoms with van der Waals surface area (Å²) in [4.78, 5) is 16.6. The molecule has 8 heteroatoms. The second-order valence-electron chi connectivity index (χ2n) is 9.66. The number of halogens is 1. The van der Waals surface area contributed by atoms with Gasteiger partial charge in [0.25, 0.3) is 0 Å². The molecule has 0 radical (unpaired) electrons. The standard InChI is InChI=1S/C31H39N3O4.ClH/c1-2-3-22-37-31(36)32-27-14-16-29(17-15-27)38-24-28(35)23-33-18-20-34(21-19-33)30(25-10-6-4-7-11-25)26-12-8-5-9-13-26;/h4-17,28,30,35H,2-3,18-24H2,1H3,(H,32,36);1H. The third-order valence-electron chi connectivity index (χ3n) is 6.75. The molecule has 0 aliphatic carbocycles. The number of hydrogen-bond acceptors (Lipinski definition) is 6. The number of piperazine rings is 1. The first kappa shape index (κ1) is 30.4. The highest BCUT2D eigenvalue weighted by atomic mass is 35.5. The van der Waals surface area contributed by atoms with Crippen LogP contribution in [-0.4, -0.2) is 73.0 Å². The van der Waals surface area contributed by atoms with Gasteiger partial charge in [-0.25, -0.2) is 4.79 Å². The maximum absolute atomic E-state index is 11.8. The van der Waals surface area contributed by atoms with Crippen LogP contribution in [0, 0.1) is 0 Å². The summed E-state index contributed by atoms with van der Waals surface area (Å²) in [6.07, 6.45) is 0.776. The third-order valence-corrected chi connectivity index (χ3v) is 6.75. The lowest BCUT2D eigenvalue weighted by molar-refractivity contribution is 0.0401. The van der Waals surface area contributed by atoms with E-state index in [1.54, 1.807) is 24.3 Å². The number of β-amino-alcohol motifs (C(OH)–C–C–N with tert-alkyl or cyclic N) is 1. The van der Waals surface area contributed by atoms with Gasteiger partial charge in [-0.2, -0.15) is 0 Å². The molecule has 1 unspecified atom stereocenters. The first-order chi connectivity index (χ1) is 18.6. The molecule has 1 heterocycles. The summed E-state index contributed by atoms with van der Waals surface area (Å²) < 4.78 is 10.9. The van der Waals surface area contributed by atoms with Crippen molar-refractivity contribution in [3.63, 3.8) is 0 Å². The molecule has 1 atom stereocenters. The van der Waals surface area contributed by atoms with Crippen molar-refractivity contribution in [3.8, 4) is 5.75 Å². The van der Waals surface area contributed by atoms with E-state index in [-0.39, 0.29) is 25.1 Å². The number of benzene rings is 3. The largest absolute Gasteiger partial charge is 0.491 e. The Morgan fingerprint density at radius 2 is 1.49 bits per heavy atom. The molecule has 1 aliphatic rings. The average molecular weight is 554 g/mol. The zero-order valence-corrected chi connectivity index (χ0v) is 23.4. The average Bonchev–Trinajstić information content (AvgIpc) is 2.95. The second kappa shape index (κ2) is 16.1. The Balaban J connectivity index is 0.00000420. The van der Waals surface area contributed by atoms with Crippen molar-refractivity contribution < 1.29 is 19.4 Å². The van der Waals surface area contributed by atoms with Gasteiger partial charge in [0, 0.05) is 38.4 Å². The summed E-state index contributed by atoms with van der Waals surface area (Å²) in [6.45, 7) is 6.88. The van der Waals surface area contributed by atoms with Crippen LogP contribution in [0.15, 0.2) is 84.9 Å². The minimum absolute atomic E-state index is 0. The van der Waals surface area contributed by atoms with Gasteiger partial charge in [-0.3, -0.25) is 15.1 Å². The van der Waals surface area contributed by atoms with Gasteiger partial charge in [0.1, 0.15) is 18.5 Å². The molecule has 0 saturated carbocycles. The van der Waals surface area contributed by atoms with Crippen LogP contribution in [0.1, 0.15) is 36.9 Å². The molecule has 1 amide bonds. The van der Waals surface area contributed by atoms with Crippen LogP contribution in [-0.2, 0) is 4.74 Å². The van der Waals surface area contributed by atoms with E-state index in [1.807, 2.05) is 6.92 Å². The lowest BCUT2D eigenvalue weighted by Gasteiger charge is -2.40. The first-order valence-corrected chi connectivity index (χ1v) is 13.5. The summed E-state index contributed by atoms with van der Waals surface area (Å²) in [7, 11) is 0. The summed E-state index contributed by atoms with van der Waals surface area (Å²) in [5.41, 5.74) is 3.24. The highest BCUT2D eigenvalue weighted by Gasteiger charge is 2.27. The summed E-state index contributed by atoms with van der Waals surface area (Å²) in [5.74, 6) is 0.646. The number of ether oxygens (including phenoxy) is 2. The van der Waals surface area contributed by atoms with Crippen molar-refractivity contribution >= 4 is 24.2 Å². The highest BCUT2D eigenvalue weighted by Crippen LogP contribution is 2.29. The van der Waals surface area contributed by atoms with Crippen molar-refractivity contribution in [1.82, 2.24) is 9.80 Å². The maximum atomic E-state index is 11.8. The molecule has 2 N–H and O–H groups in total. The summed E-state index contributed by atoms with van der Waals surface area (Å²) in [5, 5.41) is 13.3. The second-order valence-corrected chi connectivity index (χ2v) is 9.66. The molecule has 7 nitrogen and oxygen atoms in total. The monoisotopic (exact) mass is 553 g/mol. The normalized spacial score (nSPS) is 14.8. The van der Waals surface area contributed by atoms with E-state index in [1.165, 1.54) is 11.1 Å². The molecule has 4 rings (SSSR count). The van der Waals surface area contributed by atoms with Crippen molar-refractivity contribution in [2.75, 3.05) is 51.3 Å². The fraction of sp³-hybridized carbons (Fsp3) is 0.387. The van der Waals surface area contributed by atoms with Crippen molar-refractivity contribution in [1.29, 1.82) is 0 Å². The lowest BCUT2D eigenvalue weighted by atomic mass is 9.96. The number of nitrogens with one attached hydrogen (secondary N) is 1. The fourth-order valence-electron chi connectivity index (χ4n) is 4.73. The van der Waals surface area contributed by atoms with Crippen LogP contribution in [0.4, 0.5) is 10.5 Å². The Hall–Kier alpha value is -3.10. The SMILES string of the molecule is CCCCOC(=O)Nc1ccc(OCC(O)CN2CCN(C(c3ccccc3)c3ccccc3)CC2)cc1.Cl. The van der Waals surface area contributed by atoms with E-state index in [2.05, 4.69) is 75.8 Å². The van der Waals surface area contributed by atoms with Crippen molar-refractivity contribution in [2.24, 2.45) is 0 Å². The lowest BCUT2D eigenvalue weighted by Crippen LogP contribution is -2.50. The van der Waals surface area contributed by atoms with E-state index < -0.39 is 12.2 Å². The van der Waals surface area contributed by atoms with Crippen molar-refractivity contribution in [2.45, 2.75) is 31.9 Å². The Kier molecular flexibility index (Phi) is 12.6. The Labute approximate surface area is 238 Å². The molecule has 1 aliphatic heterocycles. The topological polar surface area (TPSA) is 74.3 Å². The molecule has 3 aromatic carbocycles. The van der Waals surface area contributed by atoms with Gasteiger partial charge in [0.2, 0.25) is 0 Å². The van der Waals surface area contributed by atoms with Gasteiger partial charge in [-0.1, -0.05) is 74.0 Å². The Morgan fingerprint density at radius 1 is 0.897 bits per heavy atom. The number of carbonyl (C=O) groups excluding carboxylic acids is 1. The van der Waals surface area contributed by atoms with Crippen LogP contribution in [0.25, 0.3) is 0 Å². The number of carbonyl (C=O) groups is 1. The fourth-order valence-corrected chi connectivity index (χ4v) is 4.73. The molecule has 0 aromatic heterocycles. The van der Waals surface area contributed by atoms with E-state index in [0.29, 0.717) is 24.6 Å². The number of anilines is 1. The van der Waals surface area contributed by atoms with Gasteiger partial charge in [0.05, 0.1) is 12.6 Å². The van der Waals surface area contributed by atoms with E-state index >= 15 is 0 Å². The smallest absolute Gasteiger partial charge is 0.411 e. The molecule has 0 spiro atoms. The molecular formula is C31H40ClN3O4. The van der Waals surface area contributed by atoms with E-state index in [9.17, 15) is 9.90 Å². The Bertz CT molecular complexity index is 1050. The van der Waals surface area contributed by atoms with Gasteiger partial charge < -0.3 is 14.6 Å². The number of aliphatic hydroxyl groups is 1. The summed E-state index contributed by atoms with van der Waals surface area (Å²) >= 11 is 0. The van der Waals surface area contributed by atoms with Crippen LogP contribution in [0.2, 0.25) is 0 Å². The molecule has 1 fully saturated rings. The third kappa shape index (κ3) is 9.55. The molecule has 1 saturated heterocycles. The van der Waals surface area contributed by atoms with Crippen LogP contribution in [0.3, 0.4) is 0 Å². The molecule has 3 aromatic rings. The molecule has 0 bridgehead atoms. The van der Waals surface area contributed by atoms with Gasteiger partial charge in [0.15, 0.2) is 0 Å². The van der Waals surface area contributed by atoms with Gasteiger partial charge in [-0.15, -0.1) is 12.4 Å². The number of amides is 1. The van der Waals surface area contributed by atoms with Crippen molar-refractivity contribution in [3.05, 3.63) is 96.1 Å². The predicted octanol–water partition coefficient (Wildman–Crippen LogP) is 5.60. The van der Waals surface area contributed by atoms with Crippen LogP contribution < -0.4 is 10.1 Å². The quantitative estimate of drug-likeness (QED) is 0.284. The minimum atomic E-state index is -0.591. The number of nitrogens with zero attached hydrogens (tertiary/aromatic N) is 2. The van der Waals surface area contributed by atoms with Crippen LogP contribution >= 0.6 is 12.4 Å². The van der Waals surface area contributed by atoms with Gasteiger partial charge >= 0.3 is 6.09 Å². The van der Waals surface area contributed by atoms with Crippen LogP contribution in [0.5, 0.6) is 5.75 Å².